The molecule has 0 fully saturated rings. The molecule has 20 heavy (non-hydrogen) atoms. The van der Waals surface area contributed by atoms with Crippen molar-refractivity contribution in [3.8, 4) is 0 Å². The van der Waals surface area contributed by atoms with Crippen LogP contribution in [-0.4, -0.2) is 26.9 Å². The topological polar surface area (TPSA) is 77.0 Å². The van der Waals surface area contributed by atoms with Crippen LogP contribution < -0.4 is 5.32 Å². The van der Waals surface area contributed by atoms with Crippen molar-refractivity contribution in [2.45, 2.75) is 27.3 Å². The van der Waals surface area contributed by atoms with E-state index in [-0.39, 0.29) is 5.97 Å². The molecule has 0 aliphatic heterocycles. The Morgan fingerprint density at radius 2 is 2.25 bits per heavy atom. The Hall–Kier alpha value is -2.02. The summed E-state index contributed by atoms with van der Waals surface area (Å²) in [5, 5.41) is 3.89. The molecule has 1 N–H and O–H groups in total. The first-order valence-electron chi connectivity index (χ1n) is 6.27. The fraction of sp³-hybridized carbons (Fsp3) is 0.385. The van der Waals surface area contributed by atoms with E-state index in [9.17, 15) is 4.79 Å². The lowest BCUT2D eigenvalue weighted by Crippen LogP contribution is -2.09. The highest BCUT2D eigenvalue weighted by Gasteiger charge is 2.19. The van der Waals surface area contributed by atoms with Gasteiger partial charge >= 0.3 is 5.97 Å². The summed E-state index contributed by atoms with van der Waals surface area (Å²) in [5.74, 6) is 0.371. The number of hydrogen-bond donors (Lipinski definition) is 1. The summed E-state index contributed by atoms with van der Waals surface area (Å²) in [6, 6.07) is 1.83. The number of rotatable bonds is 5. The van der Waals surface area contributed by atoms with Crippen LogP contribution in [0.4, 0.5) is 5.00 Å². The van der Waals surface area contributed by atoms with Gasteiger partial charge in [0.2, 0.25) is 0 Å². The number of aryl methyl sites for hydroxylation is 2. The predicted octanol–water partition coefficient (Wildman–Crippen LogP) is 2.34. The van der Waals surface area contributed by atoms with E-state index >= 15 is 0 Å². The van der Waals surface area contributed by atoms with Crippen LogP contribution in [0, 0.1) is 13.8 Å². The molecule has 2 heterocycles. The SMILES string of the molecule is CCOC(=O)c1c(C)nsc1NCc1ccnc(C)n1. The Bertz CT molecular complexity index is 612. The van der Waals surface area contributed by atoms with Gasteiger partial charge in [0, 0.05) is 6.20 Å². The van der Waals surface area contributed by atoms with Gasteiger partial charge in [-0.1, -0.05) is 0 Å². The highest BCUT2D eigenvalue weighted by molar-refractivity contribution is 7.10. The zero-order chi connectivity index (χ0) is 14.5. The minimum Gasteiger partial charge on any atom is -0.462 e. The molecule has 0 spiro atoms. The molecule has 0 radical (unpaired) electrons. The number of anilines is 1. The molecule has 0 aliphatic rings. The van der Waals surface area contributed by atoms with Gasteiger partial charge in [-0.05, 0) is 38.4 Å². The number of nitrogens with zero attached hydrogens (tertiary/aromatic N) is 3. The van der Waals surface area contributed by atoms with Crippen molar-refractivity contribution in [2.75, 3.05) is 11.9 Å². The molecular weight excluding hydrogens is 276 g/mol. The molecule has 0 bridgehead atoms. The van der Waals surface area contributed by atoms with Gasteiger partial charge in [-0.15, -0.1) is 0 Å². The summed E-state index contributed by atoms with van der Waals surface area (Å²) in [6.45, 7) is 6.27. The summed E-state index contributed by atoms with van der Waals surface area (Å²) in [6.07, 6.45) is 1.71. The summed E-state index contributed by atoms with van der Waals surface area (Å²) < 4.78 is 9.24. The van der Waals surface area contributed by atoms with Gasteiger partial charge in [0.15, 0.2) is 0 Å². The van der Waals surface area contributed by atoms with Crippen molar-refractivity contribution in [3.05, 3.63) is 35.0 Å². The Labute approximate surface area is 121 Å². The maximum absolute atomic E-state index is 11.9. The Kier molecular flexibility index (Phi) is 4.62. The number of ether oxygens (including phenoxy) is 1. The van der Waals surface area contributed by atoms with E-state index < -0.39 is 0 Å². The van der Waals surface area contributed by atoms with E-state index in [0.717, 1.165) is 11.5 Å². The Morgan fingerprint density at radius 3 is 2.95 bits per heavy atom. The third-order valence-corrected chi connectivity index (χ3v) is 3.50. The standard InChI is InChI=1S/C13H16N4O2S/c1-4-19-13(18)11-8(2)17-20-12(11)15-7-10-5-6-14-9(3)16-10/h5-6,15H,4,7H2,1-3H3. The third kappa shape index (κ3) is 3.30. The second kappa shape index (κ2) is 6.42. The molecule has 0 saturated heterocycles. The lowest BCUT2D eigenvalue weighted by molar-refractivity contribution is 0.0527. The Morgan fingerprint density at radius 1 is 1.45 bits per heavy atom. The fourth-order valence-corrected chi connectivity index (χ4v) is 2.49. The third-order valence-electron chi connectivity index (χ3n) is 2.61. The summed E-state index contributed by atoms with van der Waals surface area (Å²) >= 11 is 1.25. The predicted molar refractivity (Wildman–Crippen MR) is 76.9 cm³/mol. The molecule has 0 unspecified atom stereocenters. The second-order valence-electron chi connectivity index (χ2n) is 4.14. The second-order valence-corrected chi connectivity index (χ2v) is 4.91. The highest BCUT2D eigenvalue weighted by atomic mass is 32.1. The molecule has 7 heteroatoms. The van der Waals surface area contributed by atoms with Gasteiger partial charge < -0.3 is 10.1 Å². The first kappa shape index (κ1) is 14.4. The van der Waals surface area contributed by atoms with E-state index in [1.54, 1.807) is 20.0 Å². The van der Waals surface area contributed by atoms with Crippen molar-refractivity contribution in [3.63, 3.8) is 0 Å². The number of hydrogen-bond acceptors (Lipinski definition) is 7. The summed E-state index contributed by atoms with van der Waals surface area (Å²) in [4.78, 5) is 20.2. The average Bonchev–Trinajstić information content (AvgIpc) is 2.78. The van der Waals surface area contributed by atoms with Crippen molar-refractivity contribution in [1.29, 1.82) is 0 Å². The molecular formula is C13H16N4O2S. The maximum atomic E-state index is 11.9. The molecule has 2 aromatic rings. The quantitative estimate of drug-likeness (QED) is 0.852. The van der Waals surface area contributed by atoms with Crippen molar-refractivity contribution in [1.82, 2.24) is 14.3 Å². The first-order valence-corrected chi connectivity index (χ1v) is 7.05. The number of carbonyl (C=O) groups is 1. The van der Waals surface area contributed by atoms with Crippen LogP contribution in [0.25, 0.3) is 0 Å². The molecule has 0 amide bonds. The number of nitrogens with one attached hydrogen (secondary N) is 1. The van der Waals surface area contributed by atoms with Crippen LogP contribution in [0.5, 0.6) is 0 Å². The minimum absolute atomic E-state index is 0.346. The molecule has 0 saturated carbocycles. The lowest BCUT2D eigenvalue weighted by Gasteiger charge is -2.06. The van der Waals surface area contributed by atoms with E-state index in [4.69, 9.17) is 4.74 Å². The van der Waals surface area contributed by atoms with E-state index in [1.807, 2.05) is 13.0 Å². The Balaban J connectivity index is 2.12. The molecule has 6 nitrogen and oxygen atoms in total. The molecule has 2 rings (SSSR count). The molecule has 106 valence electrons. The van der Waals surface area contributed by atoms with Crippen molar-refractivity contribution in [2.24, 2.45) is 0 Å². The van der Waals surface area contributed by atoms with Crippen molar-refractivity contribution >= 4 is 22.5 Å². The largest absolute Gasteiger partial charge is 0.462 e. The van der Waals surface area contributed by atoms with Gasteiger partial charge in [-0.2, -0.15) is 4.37 Å². The van der Waals surface area contributed by atoms with Gasteiger partial charge in [-0.25, -0.2) is 14.8 Å². The van der Waals surface area contributed by atoms with Crippen LogP contribution in [0.2, 0.25) is 0 Å². The van der Waals surface area contributed by atoms with Gasteiger partial charge in [0.25, 0.3) is 0 Å². The van der Waals surface area contributed by atoms with Gasteiger partial charge in [0.05, 0.1) is 24.5 Å². The molecule has 0 aliphatic carbocycles. The normalized spacial score (nSPS) is 10.3. The minimum atomic E-state index is -0.347. The fourth-order valence-electron chi connectivity index (χ4n) is 1.71. The lowest BCUT2D eigenvalue weighted by atomic mass is 10.2. The monoisotopic (exact) mass is 292 g/mol. The summed E-state index contributed by atoms with van der Waals surface area (Å²) in [5.41, 5.74) is 2.04. The van der Waals surface area contributed by atoms with Crippen LogP contribution in [0.15, 0.2) is 12.3 Å². The van der Waals surface area contributed by atoms with Crippen LogP contribution in [0.1, 0.15) is 34.5 Å². The average molecular weight is 292 g/mol. The number of esters is 1. The van der Waals surface area contributed by atoms with Gasteiger partial charge in [-0.3, -0.25) is 0 Å². The zero-order valence-electron chi connectivity index (χ0n) is 11.6. The van der Waals surface area contributed by atoms with E-state index in [2.05, 4.69) is 19.7 Å². The van der Waals surface area contributed by atoms with Gasteiger partial charge in [0.1, 0.15) is 16.4 Å². The molecule has 2 aromatic heterocycles. The summed E-state index contributed by atoms with van der Waals surface area (Å²) in [7, 11) is 0. The molecule has 0 atom stereocenters. The highest BCUT2D eigenvalue weighted by Crippen LogP contribution is 2.25. The van der Waals surface area contributed by atoms with Crippen molar-refractivity contribution < 1.29 is 9.53 Å². The smallest absolute Gasteiger partial charge is 0.343 e. The van der Waals surface area contributed by atoms with Crippen LogP contribution >= 0.6 is 11.5 Å². The number of aromatic nitrogens is 3. The maximum Gasteiger partial charge on any atom is 0.343 e. The van der Waals surface area contributed by atoms with Crippen LogP contribution in [0.3, 0.4) is 0 Å². The zero-order valence-corrected chi connectivity index (χ0v) is 12.5. The van der Waals surface area contributed by atoms with E-state index in [1.165, 1.54) is 11.5 Å². The first-order chi connectivity index (χ1) is 9.61. The molecule has 0 aromatic carbocycles. The van der Waals surface area contributed by atoms with Crippen LogP contribution in [-0.2, 0) is 11.3 Å². The van der Waals surface area contributed by atoms with E-state index in [0.29, 0.717) is 29.4 Å². The number of carbonyl (C=O) groups excluding carboxylic acids is 1.